The standard InChI is InChI=1S/C9H22N2O/c1-8(2)10-5-6-11-9(3)7-12-4/h8-11H,5-7H2,1-4H3. The Morgan fingerprint density at radius 2 is 1.67 bits per heavy atom. The minimum atomic E-state index is 0.448. The highest BCUT2D eigenvalue weighted by Crippen LogP contribution is 1.80. The SMILES string of the molecule is COCC(C)NCCNC(C)C. The molecule has 12 heavy (non-hydrogen) atoms. The molecule has 0 amide bonds. The van der Waals surface area contributed by atoms with Crippen molar-refractivity contribution in [1.82, 2.24) is 10.6 Å². The number of nitrogens with one attached hydrogen (secondary N) is 2. The summed E-state index contributed by atoms with van der Waals surface area (Å²) in [6, 6.07) is 1.02. The quantitative estimate of drug-likeness (QED) is 0.555. The molecule has 74 valence electrons. The predicted molar refractivity (Wildman–Crippen MR) is 52.5 cm³/mol. The summed E-state index contributed by atoms with van der Waals surface area (Å²) in [6.45, 7) is 9.23. The molecule has 0 spiro atoms. The Labute approximate surface area is 75.9 Å². The first-order valence-corrected chi connectivity index (χ1v) is 4.62. The van der Waals surface area contributed by atoms with Gasteiger partial charge in [0.2, 0.25) is 0 Å². The topological polar surface area (TPSA) is 33.3 Å². The zero-order valence-electron chi connectivity index (χ0n) is 8.68. The van der Waals surface area contributed by atoms with Gasteiger partial charge in [0.25, 0.3) is 0 Å². The van der Waals surface area contributed by atoms with Gasteiger partial charge in [0.05, 0.1) is 6.61 Å². The lowest BCUT2D eigenvalue weighted by Gasteiger charge is -2.13. The summed E-state index contributed by atoms with van der Waals surface area (Å²) < 4.78 is 5.00. The predicted octanol–water partition coefficient (Wildman–Crippen LogP) is 0.609. The van der Waals surface area contributed by atoms with Crippen molar-refractivity contribution in [2.45, 2.75) is 32.9 Å². The molecule has 0 aromatic rings. The van der Waals surface area contributed by atoms with E-state index in [0.717, 1.165) is 19.7 Å². The Bertz CT molecular complexity index is 96.5. The maximum Gasteiger partial charge on any atom is 0.0613 e. The van der Waals surface area contributed by atoms with Crippen LogP contribution in [0.1, 0.15) is 20.8 Å². The molecule has 3 nitrogen and oxygen atoms in total. The Balaban J connectivity index is 3.08. The van der Waals surface area contributed by atoms with Crippen molar-refractivity contribution in [3.05, 3.63) is 0 Å². The van der Waals surface area contributed by atoms with Crippen LogP contribution in [0.15, 0.2) is 0 Å². The molecule has 0 fully saturated rings. The van der Waals surface area contributed by atoms with E-state index in [1.807, 2.05) is 0 Å². The molecule has 0 saturated heterocycles. The van der Waals surface area contributed by atoms with Crippen LogP contribution in [0.25, 0.3) is 0 Å². The second kappa shape index (κ2) is 7.53. The Hall–Kier alpha value is -0.120. The molecule has 0 rings (SSSR count). The van der Waals surface area contributed by atoms with Crippen molar-refractivity contribution in [1.29, 1.82) is 0 Å². The fraction of sp³-hybridized carbons (Fsp3) is 1.00. The molecule has 1 atom stereocenters. The van der Waals surface area contributed by atoms with Crippen LogP contribution >= 0.6 is 0 Å². The average Bonchev–Trinajstić information content (AvgIpc) is 1.98. The highest BCUT2D eigenvalue weighted by molar-refractivity contribution is 4.61. The number of rotatable bonds is 7. The fourth-order valence-corrected chi connectivity index (χ4v) is 0.988. The molecule has 0 saturated carbocycles. The second-order valence-electron chi connectivity index (χ2n) is 3.42. The van der Waals surface area contributed by atoms with E-state index in [1.54, 1.807) is 7.11 Å². The van der Waals surface area contributed by atoms with Gasteiger partial charge in [0, 0.05) is 32.3 Å². The molecular formula is C9H22N2O. The molecule has 0 aliphatic carbocycles. The lowest BCUT2D eigenvalue weighted by atomic mass is 10.3. The minimum absolute atomic E-state index is 0.448. The molecular weight excluding hydrogens is 152 g/mol. The highest BCUT2D eigenvalue weighted by atomic mass is 16.5. The maximum atomic E-state index is 5.00. The number of ether oxygens (including phenoxy) is 1. The molecule has 0 aromatic heterocycles. The van der Waals surface area contributed by atoms with Gasteiger partial charge in [-0.3, -0.25) is 0 Å². The van der Waals surface area contributed by atoms with E-state index in [-0.39, 0.29) is 0 Å². The zero-order valence-corrected chi connectivity index (χ0v) is 8.68. The Kier molecular flexibility index (Phi) is 7.45. The molecule has 0 radical (unpaired) electrons. The summed E-state index contributed by atoms with van der Waals surface area (Å²) in [5.74, 6) is 0. The lowest BCUT2D eigenvalue weighted by Crippen LogP contribution is -2.37. The normalized spacial score (nSPS) is 13.8. The van der Waals surface area contributed by atoms with Gasteiger partial charge in [-0.25, -0.2) is 0 Å². The summed E-state index contributed by atoms with van der Waals surface area (Å²) in [7, 11) is 1.73. The van der Waals surface area contributed by atoms with E-state index in [4.69, 9.17) is 4.74 Å². The summed E-state index contributed by atoms with van der Waals surface area (Å²) in [5, 5.41) is 6.69. The van der Waals surface area contributed by atoms with Gasteiger partial charge in [-0.2, -0.15) is 0 Å². The van der Waals surface area contributed by atoms with E-state index < -0.39 is 0 Å². The van der Waals surface area contributed by atoms with Crippen LogP contribution in [0.2, 0.25) is 0 Å². The lowest BCUT2D eigenvalue weighted by molar-refractivity contribution is 0.172. The maximum absolute atomic E-state index is 5.00. The third-order valence-corrected chi connectivity index (χ3v) is 1.59. The fourth-order valence-electron chi connectivity index (χ4n) is 0.988. The second-order valence-corrected chi connectivity index (χ2v) is 3.42. The molecule has 3 heteroatoms. The summed E-state index contributed by atoms with van der Waals surface area (Å²) in [5.41, 5.74) is 0. The van der Waals surface area contributed by atoms with Crippen LogP contribution < -0.4 is 10.6 Å². The van der Waals surface area contributed by atoms with Gasteiger partial charge in [-0.15, -0.1) is 0 Å². The zero-order chi connectivity index (χ0) is 9.40. The first-order chi connectivity index (χ1) is 5.66. The number of hydrogen-bond donors (Lipinski definition) is 2. The van der Waals surface area contributed by atoms with Gasteiger partial charge in [-0.05, 0) is 6.92 Å². The van der Waals surface area contributed by atoms with Crippen molar-refractivity contribution < 1.29 is 4.74 Å². The third kappa shape index (κ3) is 7.98. The van der Waals surface area contributed by atoms with E-state index in [0.29, 0.717) is 12.1 Å². The Morgan fingerprint density at radius 3 is 2.17 bits per heavy atom. The molecule has 0 aliphatic rings. The first-order valence-electron chi connectivity index (χ1n) is 4.62. The minimum Gasteiger partial charge on any atom is -0.383 e. The molecule has 1 unspecified atom stereocenters. The largest absolute Gasteiger partial charge is 0.383 e. The molecule has 0 heterocycles. The molecule has 0 aliphatic heterocycles. The van der Waals surface area contributed by atoms with Crippen molar-refractivity contribution in [2.24, 2.45) is 0 Å². The molecule has 2 N–H and O–H groups in total. The highest BCUT2D eigenvalue weighted by Gasteiger charge is 1.98. The monoisotopic (exact) mass is 174 g/mol. The van der Waals surface area contributed by atoms with Gasteiger partial charge >= 0.3 is 0 Å². The van der Waals surface area contributed by atoms with Gasteiger partial charge in [0.1, 0.15) is 0 Å². The Morgan fingerprint density at radius 1 is 1.08 bits per heavy atom. The van der Waals surface area contributed by atoms with Crippen LogP contribution in [0.4, 0.5) is 0 Å². The van der Waals surface area contributed by atoms with Crippen LogP contribution in [0.5, 0.6) is 0 Å². The van der Waals surface area contributed by atoms with Gasteiger partial charge in [0.15, 0.2) is 0 Å². The van der Waals surface area contributed by atoms with E-state index in [1.165, 1.54) is 0 Å². The number of hydrogen-bond acceptors (Lipinski definition) is 3. The smallest absolute Gasteiger partial charge is 0.0613 e. The summed E-state index contributed by atoms with van der Waals surface area (Å²) in [4.78, 5) is 0. The van der Waals surface area contributed by atoms with Gasteiger partial charge < -0.3 is 15.4 Å². The summed E-state index contributed by atoms with van der Waals surface area (Å²) in [6.07, 6.45) is 0. The molecule has 0 aromatic carbocycles. The van der Waals surface area contributed by atoms with E-state index in [2.05, 4.69) is 31.4 Å². The van der Waals surface area contributed by atoms with Crippen LogP contribution in [-0.2, 0) is 4.74 Å². The van der Waals surface area contributed by atoms with Crippen LogP contribution in [-0.4, -0.2) is 38.9 Å². The average molecular weight is 174 g/mol. The summed E-state index contributed by atoms with van der Waals surface area (Å²) >= 11 is 0. The van der Waals surface area contributed by atoms with Crippen molar-refractivity contribution in [3.63, 3.8) is 0 Å². The molecule has 0 bridgehead atoms. The third-order valence-electron chi connectivity index (χ3n) is 1.59. The van der Waals surface area contributed by atoms with Crippen molar-refractivity contribution in [3.8, 4) is 0 Å². The van der Waals surface area contributed by atoms with Gasteiger partial charge in [-0.1, -0.05) is 13.8 Å². The van der Waals surface area contributed by atoms with Crippen molar-refractivity contribution in [2.75, 3.05) is 26.8 Å². The van der Waals surface area contributed by atoms with Crippen molar-refractivity contribution >= 4 is 0 Å². The van der Waals surface area contributed by atoms with Crippen LogP contribution in [0, 0.1) is 0 Å². The van der Waals surface area contributed by atoms with Crippen LogP contribution in [0.3, 0.4) is 0 Å². The first kappa shape index (κ1) is 11.9. The number of methoxy groups -OCH3 is 1. The van der Waals surface area contributed by atoms with E-state index >= 15 is 0 Å². The van der Waals surface area contributed by atoms with E-state index in [9.17, 15) is 0 Å².